The molecule has 0 bridgehead atoms. The van der Waals surface area contributed by atoms with Gasteiger partial charge in [0.2, 0.25) is 0 Å². The highest BCUT2D eigenvalue weighted by Crippen LogP contribution is 2.20. The van der Waals surface area contributed by atoms with Gasteiger partial charge in [0, 0.05) is 19.2 Å². The van der Waals surface area contributed by atoms with E-state index in [1.807, 2.05) is 42.5 Å². The maximum atomic E-state index is 13.8. The Morgan fingerprint density at radius 1 is 0.875 bits per heavy atom. The van der Waals surface area contributed by atoms with Crippen LogP contribution in [0.3, 0.4) is 0 Å². The molecular formula is C25H21FN2O3S. The van der Waals surface area contributed by atoms with Gasteiger partial charge in [-0.15, -0.1) is 0 Å². The molecule has 0 fully saturated rings. The molecule has 0 saturated carbocycles. The van der Waals surface area contributed by atoms with Gasteiger partial charge in [-0.2, -0.15) is 0 Å². The van der Waals surface area contributed by atoms with Crippen molar-refractivity contribution in [3.8, 4) is 0 Å². The lowest BCUT2D eigenvalue weighted by Gasteiger charge is -2.18. The standard InChI is InChI=1S/C25H21FN2O3S/c1-28(17-18-10-11-19-6-2-3-7-21(19)16-18)25(29)20-12-14-22(15-13-20)32(30,31)27-24-9-5-4-8-23(24)26/h2-16,27H,17H2,1H3. The summed E-state index contributed by atoms with van der Waals surface area (Å²) in [4.78, 5) is 14.3. The molecule has 162 valence electrons. The number of halogens is 1. The van der Waals surface area contributed by atoms with Gasteiger partial charge in [0.05, 0.1) is 10.6 Å². The van der Waals surface area contributed by atoms with Gasteiger partial charge in [0.1, 0.15) is 5.82 Å². The number of carbonyl (C=O) groups is 1. The average molecular weight is 449 g/mol. The van der Waals surface area contributed by atoms with Crippen LogP contribution in [0.5, 0.6) is 0 Å². The summed E-state index contributed by atoms with van der Waals surface area (Å²) < 4.78 is 41.1. The third-order valence-corrected chi connectivity index (χ3v) is 6.49. The second-order valence-corrected chi connectivity index (χ2v) is 9.13. The number of sulfonamides is 1. The highest BCUT2D eigenvalue weighted by molar-refractivity contribution is 7.92. The summed E-state index contributed by atoms with van der Waals surface area (Å²) in [5, 5.41) is 2.23. The van der Waals surface area contributed by atoms with Crippen LogP contribution in [-0.4, -0.2) is 26.3 Å². The van der Waals surface area contributed by atoms with Crippen LogP contribution in [0.25, 0.3) is 10.8 Å². The quantitative estimate of drug-likeness (QED) is 0.449. The fourth-order valence-electron chi connectivity index (χ4n) is 3.43. The molecule has 5 nitrogen and oxygen atoms in total. The number of fused-ring (bicyclic) bond motifs is 1. The highest BCUT2D eigenvalue weighted by atomic mass is 32.2. The lowest BCUT2D eigenvalue weighted by Crippen LogP contribution is -2.26. The molecule has 1 N–H and O–H groups in total. The third-order valence-electron chi connectivity index (χ3n) is 5.11. The van der Waals surface area contributed by atoms with E-state index in [1.54, 1.807) is 11.9 Å². The van der Waals surface area contributed by atoms with Crippen molar-refractivity contribution in [1.29, 1.82) is 0 Å². The highest BCUT2D eigenvalue weighted by Gasteiger charge is 2.18. The molecule has 4 aromatic carbocycles. The normalized spacial score (nSPS) is 11.3. The van der Waals surface area contributed by atoms with Crippen LogP contribution < -0.4 is 4.72 Å². The fraction of sp³-hybridized carbons (Fsp3) is 0.0800. The minimum atomic E-state index is -3.98. The van der Waals surface area contributed by atoms with E-state index < -0.39 is 15.8 Å². The van der Waals surface area contributed by atoms with Crippen LogP contribution in [0.1, 0.15) is 15.9 Å². The van der Waals surface area contributed by atoms with Gasteiger partial charge < -0.3 is 4.90 Å². The molecule has 0 aliphatic heterocycles. The maximum Gasteiger partial charge on any atom is 0.261 e. The van der Waals surface area contributed by atoms with Crippen LogP contribution in [0.4, 0.5) is 10.1 Å². The number of nitrogens with one attached hydrogen (secondary N) is 1. The Balaban J connectivity index is 1.47. The number of benzene rings is 4. The van der Waals surface area contributed by atoms with Crippen LogP contribution in [0.15, 0.2) is 95.9 Å². The molecule has 0 atom stereocenters. The van der Waals surface area contributed by atoms with E-state index in [-0.39, 0.29) is 16.5 Å². The third kappa shape index (κ3) is 4.63. The topological polar surface area (TPSA) is 66.5 Å². The van der Waals surface area contributed by atoms with E-state index in [1.165, 1.54) is 48.5 Å². The van der Waals surface area contributed by atoms with E-state index >= 15 is 0 Å². The van der Waals surface area contributed by atoms with Gasteiger partial charge in [0.15, 0.2) is 0 Å². The summed E-state index contributed by atoms with van der Waals surface area (Å²) in [5.74, 6) is -0.901. The van der Waals surface area contributed by atoms with Crippen molar-refractivity contribution >= 4 is 32.4 Å². The van der Waals surface area contributed by atoms with Crippen molar-refractivity contribution in [3.05, 3.63) is 108 Å². The Kier molecular flexibility index (Phi) is 5.92. The Bertz CT molecular complexity index is 1390. The molecule has 32 heavy (non-hydrogen) atoms. The number of nitrogens with zero attached hydrogens (tertiary/aromatic N) is 1. The van der Waals surface area contributed by atoms with E-state index in [9.17, 15) is 17.6 Å². The first-order valence-corrected chi connectivity index (χ1v) is 11.4. The van der Waals surface area contributed by atoms with Gasteiger partial charge in [0.25, 0.3) is 15.9 Å². The predicted molar refractivity (Wildman–Crippen MR) is 123 cm³/mol. The minimum Gasteiger partial charge on any atom is -0.337 e. The van der Waals surface area contributed by atoms with Crippen molar-refractivity contribution in [2.24, 2.45) is 0 Å². The molecule has 4 rings (SSSR count). The number of para-hydroxylation sites is 1. The van der Waals surface area contributed by atoms with E-state index in [2.05, 4.69) is 4.72 Å². The molecule has 0 aromatic heterocycles. The molecule has 4 aromatic rings. The molecule has 0 unspecified atom stereocenters. The molecule has 0 heterocycles. The number of carbonyl (C=O) groups excluding carboxylic acids is 1. The Morgan fingerprint density at radius 2 is 1.53 bits per heavy atom. The molecule has 0 radical (unpaired) electrons. The van der Waals surface area contributed by atoms with Crippen LogP contribution in [0.2, 0.25) is 0 Å². The second-order valence-electron chi connectivity index (χ2n) is 7.45. The smallest absolute Gasteiger partial charge is 0.261 e. The van der Waals surface area contributed by atoms with E-state index in [4.69, 9.17) is 0 Å². The number of anilines is 1. The first-order chi connectivity index (χ1) is 15.3. The minimum absolute atomic E-state index is 0.0607. The molecular weight excluding hydrogens is 427 g/mol. The van der Waals surface area contributed by atoms with Gasteiger partial charge >= 0.3 is 0 Å². The molecule has 0 saturated heterocycles. The summed E-state index contributed by atoms with van der Waals surface area (Å²) in [6.45, 7) is 0.415. The largest absolute Gasteiger partial charge is 0.337 e. The Hall–Kier alpha value is -3.71. The van der Waals surface area contributed by atoms with E-state index in [0.29, 0.717) is 12.1 Å². The van der Waals surface area contributed by atoms with Gasteiger partial charge in [-0.05, 0) is 58.8 Å². The van der Waals surface area contributed by atoms with Crippen molar-refractivity contribution in [1.82, 2.24) is 4.90 Å². The zero-order valence-electron chi connectivity index (χ0n) is 17.3. The summed E-state index contributed by atoms with van der Waals surface area (Å²) in [6, 6.07) is 25.1. The fourth-order valence-corrected chi connectivity index (χ4v) is 4.49. The second kappa shape index (κ2) is 8.80. The van der Waals surface area contributed by atoms with Crippen molar-refractivity contribution < 1.29 is 17.6 Å². The van der Waals surface area contributed by atoms with Gasteiger partial charge in [-0.3, -0.25) is 9.52 Å². The SMILES string of the molecule is CN(Cc1ccc2ccccc2c1)C(=O)c1ccc(S(=O)(=O)Nc2ccccc2F)cc1. The van der Waals surface area contributed by atoms with Crippen molar-refractivity contribution in [2.75, 3.05) is 11.8 Å². The van der Waals surface area contributed by atoms with Crippen LogP contribution >= 0.6 is 0 Å². The number of amides is 1. The van der Waals surface area contributed by atoms with Crippen molar-refractivity contribution in [2.45, 2.75) is 11.4 Å². The predicted octanol–water partition coefficient (Wildman–Crippen LogP) is 5.05. The molecule has 0 aliphatic carbocycles. The summed E-state index contributed by atoms with van der Waals surface area (Å²) in [5.41, 5.74) is 1.22. The van der Waals surface area contributed by atoms with Crippen molar-refractivity contribution in [3.63, 3.8) is 0 Å². The number of hydrogen-bond acceptors (Lipinski definition) is 3. The van der Waals surface area contributed by atoms with Crippen LogP contribution in [0, 0.1) is 5.82 Å². The number of rotatable bonds is 6. The lowest BCUT2D eigenvalue weighted by atomic mass is 10.1. The monoisotopic (exact) mass is 448 g/mol. The molecule has 7 heteroatoms. The first kappa shape index (κ1) is 21.5. The summed E-state index contributed by atoms with van der Waals surface area (Å²) >= 11 is 0. The zero-order valence-corrected chi connectivity index (χ0v) is 18.1. The Labute approximate surface area is 186 Å². The van der Waals surface area contributed by atoms with Gasteiger partial charge in [-0.1, -0.05) is 48.5 Å². The maximum absolute atomic E-state index is 13.8. The number of hydrogen-bond donors (Lipinski definition) is 1. The summed E-state index contributed by atoms with van der Waals surface area (Å²) in [7, 11) is -2.29. The molecule has 0 aliphatic rings. The zero-order chi connectivity index (χ0) is 22.7. The molecule has 1 amide bonds. The molecule has 0 spiro atoms. The average Bonchev–Trinajstić information content (AvgIpc) is 2.80. The van der Waals surface area contributed by atoms with Crippen LogP contribution in [-0.2, 0) is 16.6 Å². The van der Waals surface area contributed by atoms with E-state index in [0.717, 1.165) is 16.3 Å². The lowest BCUT2D eigenvalue weighted by molar-refractivity contribution is 0.0785. The van der Waals surface area contributed by atoms with Gasteiger partial charge in [-0.25, -0.2) is 12.8 Å². The Morgan fingerprint density at radius 3 is 2.25 bits per heavy atom. The summed E-state index contributed by atoms with van der Waals surface area (Å²) in [6.07, 6.45) is 0. The first-order valence-electron chi connectivity index (χ1n) is 9.94.